The van der Waals surface area contributed by atoms with E-state index >= 15 is 0 Å². The van der Waals surface area contributed by atoms with Gasteiger partial charge in [-0.1, -0.05) is 46.3 Å². The van der Waals surface area contributed by atoms with Gasteiger partial charge < -0.3 is 5.73 Å². The van der Waals surface area contributed by atoms with E-state index in [0.717, 1.165) is 6.42 Å². The van der Waals surface area contributed by atoms with Crippen molar-refractivity contribution in [1.29, 1.82) is 0 Å². The van der Waals surface area contributed by atoms with Crippen LogP contribution in [0.25, 0.3) is 0 Å². The van der Waals surface area contributed by atoms with Crippen molar-refractivity contribution < 1.29 is 0 Å². The Kier molecular flexibility index (Phi) is 4.05. The van der Waals surface area contributed by atoms with Gasteiger partial charge in [-0.05, 0) is 22.5 Å². The summed E-state index contributed by atoms with van der Waals surface area (Å²) in [5, 5.41) is 0. The maximum atomic E-state index is 5.48. The van der Waals surface area contributed by atoms with E-state index in [1.807, 2.05) is 4.99 Å². The molecule has 12 heavy (non-hydrogen) atoms. The lowest BCUT2D eigenvalue weighted by Gasteiger charge is -1.98. The molecular weight excluding hydrogens is 214 g/mol. The van der Waals surface area contributed by atoms with Crippen molar-refractivity contribution in [2.45, 2.75) is 13.0 Å². The monoisotopic (exact) mass is 225 g/mol. The molecule has 0 saturated carbocycles. The molecule has 2 N–H and O–H groups in total. The van der Waals surface area contributed by atoms with E-state index < -0.39 is 0 Å². The molecule has 0 aromatic heterocycles. The fraction of sp³-hybridized carbons (Fsp3) is 0.200. The van der Waals surface area contributed by atoms with E-state index in [1.54, 1.807) is 0 Å². The van der Waals surface area contributed by atoms with E-state index in [9.17, 15) is 0 Å². The molecule has 0 atom stereocenters. The smallest absolute Gasteiger partial charge is 0.0178 e. The molecular formula is C10H12BrN. The zero-order valence-electron chi connectivity index (χ0n) is 6.83. The SMILES string of the molecule is NCc1ccc(C/C=C/Br)cc1. The minimum Gasteiger partial charge on any atom is -0.326 e. The van der Waals surface area contributed by atoms with Crippen molar-refractivity contribution in [3.05, 3.63) is 46.5 Å². The lowest BCUT2D eigenvalue weighted by molar-refractivity contribution is 1.07. The van der Waals surface area contributed by atoms with Crippen molar-refractivity contribution in [3.63, 3.8) is 0 Å². The van der Waals surface area contributed by atoms with Crippen molar-refractivity contribution in [2.24, 2.45) is 5.73 Å². The Balaban J connectivity index is 2.64. The maximum absolute atomic E-state index is 5.48. The fourth-order valence-electron chi connectivity index (χ4n) is 0.992. The predicted octanol–water partition coefficient (Wildman–Crippen LogP) is 2.60. The molecule has 1 aromatic carbocycles. The molecule has 1 nitrogen and oxygen atoms in total. The second kappa shape index (κ2) is 5.12. The number of benzene rings is 1. The molecule has 0 fully saturated rings. The van der Waals surface area contributed by atoms with Gasteiger partial charge in [0.15, 0.2) is 0 Å². The topological polar surface area (TPSA) is 26.0 Å². The molecule has 0 bridgehead atoms. The Bertz CT molecular complexity index is 251. The summed E-state index contributed by atoms with van der Waals surface area (Å²) in [6, 6.07) is 8.35. The third-order valence-corrected chi connectivity index (χ3v) is 2.08. The van der Waals surface area contributed by atoms with Gasteiger partial charge in [0, 0.05) is 6.54 Å². The quantitative estimate of drug-likeness (QED) is 0.842. The van der Waals surface area contributed by atoms with Crippen LogP contribution in [0.4, 0.5) is 0 Å². The number of hydrogen-bond acceptors (Lipinski definition) is 1. The van der Waals surface area contributed by atoms with Gasteiger partial charge in [0.05, 0.1) is 0 Å². The molecule has 0 heterocycles. The molecule has 0 spiro atoms. The first-order chi connectivity index (χ1) is 5.86. The summed E-state index contributed by atoms with van der Waals surface area (Å²) in [6.45, 7) is 0.620. The number of allylic oxidation sites excluding steroid dienone is 1. The maximum Gasteiger partial charge on any atom is 0.0178 e. The Morgan fingerprint density at radius 1 is 1.17 bits per heavy atom. The third-order valence-electron chi connectivity index (χ3n) is 1.70. The standard InChI is InChI=1S/C10H12BrN/c11-7-1-2-9-3-5-10(8-12)6-4-9/h1,3-7H,2,8,12H2/b7-1+. The van der Waals surface area contributed by atoms with Gasteiger partial charge in [-0.15, -0.1) is 0 Å². The highest BCUT2D eigenvalue weighted by Gasteiger charge is 1.90. The Hall–Kier alpha value is -0.600. The Morgan fingerprint density at radius 2 is 1.75 bits per heavy atom. The number of nitrogens with two attached hydrogens (primary N) is 1. The van der Waals surface area contributed by atoms with Crippen LogP contribution < -0.4 is 5.73 Å². The van der Waals surface area contributed by atoms with Crippen LogP contribution in [0.15, 0.2) is 35.3 Å². The summed E-state index contributed by atoms with van der Waals surface area (Å²) in [7, 11) is 0. The van der Waals surface area contributed by atoms with Gasteiger partial charge >= 0.3 is 0 Å². The Morgan fingerprint density at radius 3 is 2.25 bits per heavy atom. The average molecular weight is 226 g/mol. The zero-order valence-corrected chi connectivity index (χ0v) is 8.42. The number of hydrogen-bond donors (Lipinski definition) is 1. The van der Waals surface area contributed by atoms with Crippen LogP contribution in [0.2, 0.25) is 0 Å². The largest absolute Gasteiger partial charge is 0.326 e. The van der Waals surface area contributed by atoms with Crippen LogP contribution >= 0.6 is 15.9 Å². The highest BCUT2D eigenvalue weighted by atomic mass is 79.9. The molecule has 0 aliphatic heterocycles. The highest BCUT2D eigenvalue weighted by molar-refractivity contribution is 9.11. The van der Waals surface area contributed by atoms with Crippen LogP contribution in [-0.4, -0.2) is 0 Å². The van der Waals surface area contributed by atoms with E-state index in [1.165, 1.54) is 11.1 Å². The summed E-state index contributed by atoms with van der Waals surface area (Å²) in [5.41, 5.74) is 7.97. The Labute approximate surface area is 81.4 Å². The van der Waals surface area contributed by atoms with Crippen molar-refractivity contribution in [1.82, 2.24) is 0 Å². The molecule has 0 amide bonds. The fourth-order valence-corrected chi connectivity index (χ4v) is 1.18. The van der Waals surface area contributed by atoms with Gasteiger partial charge in [0.25, 0.3) is 0 Å². The van der Waals surface area contributed by atoms with Gasteiger partial charge in [0.2, 0.25) is 0 Å². The molecule has 0 aliphatic rings. The van der Waals surface area contributed by atoms with E-state index in [4.69, 9.17) is 5.73 Å². The molecule has 0 aliphatic carbocycles. The number of halogens is 1. The summed E-state index contributed by atoms with van der Waals surface area (Å²) in [4.78, 5) is 1.88. The van der Waals surface area contributed by atoms with Crippen LogP contribution in [0.3, 0.4) is 0 Å². The molecule has 0 unspecified atom stereocenters. The molecule has 0 radical (unpaired) electrons. The summed E-state index contributed by atoms with van der Waals surface area (Å²) in [6.07, 6.45) is 3.04. The van der Waals surface area contributed by atoms with Crippen LogP contribution in [0, 0.1) is 0 Å². The van der Waals surface area contributed by atoms with E-state index in [-0.39, 0.29) is 0 Å². The summed E-state index contributed by atoms with van der Waals surface area (Å²) < 4.78 is 0. The van der Waals surface area contributed by atoms with Crippen LogP contribution in [0.1, 0.15) is 11.1 Å². The van der Waals surface area contributed by atoms with E-state index in [0.29, 0.717) is 6.54 Å². The van der Waals surface area contributed by atoms with Crippen molar-refractivity contribution in [2.75, 3.05) is 0 Å². The van der Waals surface area contributed by atoms with Gasteiger partial charge in [0.1, 0.15) is 0 Å². The minimum absolute atomic E-state index is 0.620. The lowest BCUT2D eigenvalue weighted by atomic mass is 10.1. The van der Waals surface area contributed by atoms with Gasteiger partial charge in [-0.2, -0.15) is 0 Å². The average Bonchev–Trinajstić information content (AvgIpc) is 2.15. The third kappa shape index (κ3) is 2.80. The first-order valence-electron chi connectivity index (χ1n) is 3.90. The van der Waals surface area contributed by atoms with Crippen molar-refractivity contribution in [3.8, 4) is 0 Å². The first-order valence-corrected chi connectivity index (χ1v) is 4.81. The molecule has 64 valence electrons. The predicted molar refractivity (Wildman–Crippen MR) is 56.1 cm³/mol. The second-order valence-corrected chi connectivity index (χ2v) is 3.12. The molecule has 1 rings (SSSR count). The summed E-state index contributed by atoms with van der Waals surface area (Å²) in [5.74, 6) is 0. The molecule has 1 aromatic rings. The summed E-state index contributed by atoms with van der Waals surface area (Å²) >= 11 is 3.23. The molecule has 2 heteroatoms. The second-order valence-electron chi connectivity index (χ2n) is 2.59. The normalized spacial score (nSPS) is 10.8. The highest BCUT2D eigenvalue weighted by Crippen LogP contribution is 2.05. The lowest BCUT2D eigenvalue weighted by Crippen LogP contribution is -1.95. The van der Waals surface area contributed by atoms with Crippen LogP contribution in [-0.2, 0) is 13.0 Å². The number of rotatable bonds is 3. The van der Waals surface area contributed by atoms with Crippen LogP contribution in [0.5, 0.6) is 0 Å². The first kappa shape index (κ1) is 9.49. The van der Waals surface area contributed by atoms with Gasteiger partial charge in [-0.25, -0.2) is 0 Å². The van der Waals surface area contributed by atoms with E-state index in [2.05, 4.69) is 46.3 Å². The van der Waals surface area contributed by atoms with Gasteiger partial charge in [-0.3, -0.25) is 0 Å². The minimum atomic E-state index is 0.620. The van der Waals surface area contributed by atoms with Crippen molar-refractivity contribution >= 4 is 15.9 Å². The zero-order chi connectivity index (χ0) is 8.81. The molecule has 0 saturated heterocycles.